The summed E-state index contributed by atoms with van der Waals surface area (Å²) < 4.78 is 134. The van der Waals surface area contributed by atoms with Crippen molar-refractivity contribution in [1.82, 2.24) is 50.3 Å². The first-order valence-corrected chi connectivity index (χ1v) is 30.8. The van der Waals surface area contributed by atoms with Gasteiger partial charge in [0.2, 0.25) is 0 Å². The molecule has 3 N–H and O–H groups in total. The molecule has 3 aromatic carbocycles. The first kappa shape index (κ1) is 58.4. The molecule has 24 heteroatoms. The highest BCUT2D eigenvalue weighted by Crippen LogP contribution is 2.47. The number of hydrogen-bond acceptors (Lipinski definition) is 16. The molecule has 15 rings (SSSR count). The van der Waals surface area contributed by atoms with Gasteiger partial charge in [-0.25, -0.2) is 8.78 Å². The van der Waals surface area contributed by atoms with Crippen molar-refractivity contribution < 1.29 is 49.3 Å². The first-order valence-electron chi connectivity index (χ1n) is 30.8. The van der Waals surface area contributed by atoms with Gasteiger partial charge in [0.05, 0.1) is 27.4 Å². The smallest absolute Gasteiger partial charge is 0.461 e. The van der Waals surface area contributed by atoms with Crippen LogP contribution >= 0.6 is 0 Å². The second-order valence-electron chi connectivity index (χ2n) is 24.9. The molecule has 0 spiro atoms. The van der Waals surface area contributed by atoms with Crippen molar-refractivity contribution in [2.75, 3.05) is 87.7 Å². The molecule has 4 bridgehead atoms. The van der Waals surface area contributed by atoms with Gasteiger partial charge in [-0.15, -0.1) is 13.2 Å². The Morgan fingerprint density at radius 3 is 1.60 bits per heavy atom. The molecule has 16 nitrogen and oxygen atoms in total. The number of halogens is 8. The predicted molar refractivity (Wildman–Crippen MR) is 320 cm³/mol. The summed E-state index contributed by atoms with van der Waals surface area (Å²) in [4.78, 5) is 36.8. The van der Waals surface area contributed by atoms with Gasteiger partial charge in [-0.2, -0.15) is 33.1 Å². The maximum atomic E-state index is 16.8. The van der Waals surface area contributed by atoms with E-state index >= 15 is 8.78 Å². The molecule has 88 heavy (non-hydrogen) atoms. The molecule has 4 atom stereocenters. The van der Waals surface area contributed by atoms with Gasteiger partial charge >= 0.3 is 24.6 Å². The number of pyridine rings is 2. The van der Waals surface area contributed by atoms with Crippen LogP contribution in [0, 0.1) is 11.6 Å². The molecule has 0 radical (unpaired) electrons. The molecule has 4 aromatic heterocycles. The van der Waals surface area contributed by atoms with E-state index in [1.165, 1.54) is 36.7 Å². The Kier molecular flexibility index (Phi) is 15.2. The van der Waals surface area contributed by atoms with Crippen LogP contribution in [0.15, 0.2) is 67.0 Å². The molecule has 0 aliphatic carbocycles. The van der Waals surface area contributed by atoms with E-state index in [0.29, 0.717) is 85.0 Å². The van der Waals surface area contributed by atoms with Crippen LogP contribution in [-0.4, -0.2) is 154 Å². The summed E-state index contributed by atoms with van der Waals surface area (Å²) in [5.74, 6) is -1.03. The van der Waals surface area contributed by atoms with E-state index in [4.69, 9.17) is 19.4 Å². The zero-order valence-corrected chi connectivity index (χ0v) is 49.0. The second-order valence-corrected chi connectivity index (χ2v) is 24.9. The van der Waals surface area contributed by atoms with Gasteiger partial charge in [-0.1, -0.05) is 42.5 Å². The zero-order chi connectivity index (χ0) is 60.7. The Hall–Kier alpha value is -7.28. The number of benzene rings is 3. The molecule has 0 saturated carbocycles. The third kappa shape index (κ3) is 10.8. The Morgan fingerprint density at radius 1 is 0.636 bits per heavy atom. The number of allylic oxidation sites excluding steroid dienone is 1. The number of hydrogen-bond donors (Lipinski definition) is 3. The summed E-state index contributed by atoms with van der Waals surface area (Å²) in [5.41, 5.74) is -1.24. The molecule has 12 heterocycles. The van der Waals surface area contributed by atoms with Crippen LogP contribution in [0.25, 0.3) is 61.2 Å². The summed E-state index contributed by atoms with van der Waals surface area (Å²) in [5, 5.41) is 11.5. The summed E-state index contributed by atoms with van der Waals surface area (Å²) in [6.07, 6.45) is 9.21. The summed E-state index contributed by atoms with van der Waals surface area (Å²) in [7, 11) is 1.61. The van der Waals surface area contributed by atoms with E-state index in [2.05, 4.69) is 60.2 Å². The Morgan fingerprint density at radius 2 is 1.12 bits per heavy atom. The lowest BCUT2D eigenvalue weighted by atomic mass is 9.94. The molecule has 0 amide bonds. The van der Waals surface area contributed by atoms with Crippen molar-refractivity contribution in [1.29, 1.82) is 0 Å². The van der Waals surface area contributed by atoms with Crippen molar-refractivity contribution in [2.24, 2.45) is 0 Å². The second kappa shape index (κ2) is 22.9. The summed E-state index contributed by atoms with van der Waals surface area (Å²) in [6, 6.07) is 12.8. The molecular formula is C64H69F8N13O3. The third-order valence-corrected chi connectivity index (χ3v) is 19.6. The maximum absolute atomic E-state index is 16.8. The number of alkyl halides is 6. The quantitative estimate of drug-likeness (QED) is 0.0937. The number of aromatic nitrogens is 6. The lowest BCUT2D eigenvalue weighted by molar-refractivity contribution is -0.274. The Bertz CT molecular complexity index is 3800. The average Bonchev–Trinajstić information content (AvgIpc) is 1.52. The van der Waals surface area contributed by atoms with Gasteiger partial charge in [-0.3, -0.25) is 19.8 Å². The fourth-order valence-electron chi connectivity index (χ4n) is 15.7. The minimum atomic E-state index is -4.92. The fourth-order valence-corrected chi connectivity index (χ4v) is 15.7. The fraction of sp³-hybridized carbons (Fsp3) is 0.500. The molecule has 8 saturated heterocycles. The van der Waals surface area contributed by atoms with Crippen LogP contribution in [0.1, 0.15) is 95.1 Å². The largest absolute Gasteiger partial charge is 0.573 e. The molecule has 8 aliphatic rings. The molecule has 4 unspecified atom stereocenters. The summed E-state index contributed by atoms with van der Waals surface area (Å²) >= 11 is 0. The van der Waals surface area contributed by atoms with Crippen molar-refractivity contribution in [3.05, 3.63) is 89.8 Å². The van der Waals surface area contributed by atoms with E-state index in [-0.39, 0.29) is 74.0 Å². The molecule has 8 fully saturated rings. The van der Waals surface area contributed by atoms with Crippen molar-refractivity contribution in [3.8, 4) is 40.3 Å². The predicted octanol–water partition coefficient (Wildman–Crippen LogP) is 11.7. The topological polar surface area (TPSA) is 154 Å². The number of fused-ring (bicyclic) bond motifs is 9. The standard InChI is InChI=1S/C32H37F4N7O.C32H32F4N6O2/c1-3-6-21-24(37-2)10-9-23(32(34,35)36)25(21)28-26(33)27-22(15-38-28)29(42-16-19-7-8-20(17-42)39-19)41-30(40-27)44-18-31-11-4-13-43(31)14-5-12-31;33-26-27(22-7-1-5-19-6-2-8-24(25(19)22)44-32(34,35)36)37-15-23-28(26)39-30(43-18-31-11-3-13-42(31)14-4-12-31)40-29(23)41-16-20-9-10-21(17-41)38-20/h3,6,9-10,15,19-20,37,39H,4-5,7-8,11-14,16-18H2,1-2H3;1-2,5-8,15,20-21,38H,3-4,9-14,16-18H2/b6-3-;. The highest BCUT2D eigenvalue weighted by molar-refractivity contribution is 6.02. The number of nitrogens with zero attached hydrogens (tertiary/aromatic N) is 10. The number of ether oxygens (including phenoxy) is 3. The van der Waals surface area contributed by atoms with Gasteiger partial charge in [0, 0.05) is 97.6 Å². The van der Waals surface area contributed by atoms with E-state index in [0.717, 1.165) is 109 Å². The normalized spacial score (nSPS) is 23.1. The molecule has 8 aliphatic heterocycles. The van der Waals surface area contributed by atoms with Crippen LogP contribution in [-0.2, 0) is 6.18 Å². The van der Waals surface area contributed by atoms with Crippen LogP contribution in [0.4, 0.5) is 52.4 Å². The Balaban J connectivity index is 0.000000155. The highest BCUT2D eigenvalue weighted by atomic mass is 19.4. The van der Waals surface area contributed by atoms with Gasteiger partial charge in [-0.05, 0) is 134 Å². The van der Waals surface area contributed by atoms with E-state index in [1.54, 1.807) is 44.3 Å². The van der Waals surface area contributed by atoms with Crippen LogP contribution in [0.5, 0.6) is 17.8 Å². The molecule has 464 valence electrons. The number of nitrogens with one attached hydrogen (secondary N) is 3. The number of rotatable bonds is 13. The number of piperazine rings is 2. The maximum Gasteiger partial charge on any atom is 0.573 e. The van der Waals surface area contributed by atoms with Gasteiger partial charge < -0.3 is 40.0 Å². The zero-order valence-electron chi connectivity index (χ0n) is 49.0. The SMILES string of the molecule is C/C=C\c1c(NC)ccc(C(F)(F)F)c1-c1ncc2c(N3CC4CCC(C3)N4)nc(OCC34CCCN3CCC4)nc2c1F.Fc1c(-c2cccc3cccc(OC(F)(F)F)c23)ncc2c(N3CC4CCC(C3)N4)nc(OCC34CCCN3CCC4)nc12. The first-order chi connectivity index (χ1) is 42.5. The van der Waals surface area contributed by atoms with E-state index in [1.807, 2.05) is 0 Å². The van der Waals surface area contributed by atoms with Gasteiger partial charge in [0.25, 0.3) is 0 Å². The summed E-state index contributed by atoms with van der Waals surface area (Å²) in [6.45, 7) is 9.45. The molecular weight excluding hydrogens is 1150 g/mol. The Labute approximate surface area is 503 Å². The number of anilines is 3. The third-order valence-electron chi connectivity index (χ3n) is 19.6. The van der Waals surface area contributed by atoms with Crippen LogP contribution in [0.2, 0.25) is 0 Å². The monoisotopic (exact) mass is 1220 g/mol. The van der Waals surface area contributed by atoms with Crippen LogP contribution < -0.4 is 40.0 Å². The van der Waals surface area contributed by atoms with Crippen molar-refractivity contribution in [3.63, 3.8) is 0 Å². The van der Waals surface area contributed by atoms with Gasteiger partial charge in [0.15, 0.2) is 11.6 Å². The minimum absolute atomic E-state index is 0.0271. The lowest BCUT2D eigenvalue weighted by Gasteiger charge is -2.34. The van der Waals surface area contributed by atoms with Crippen LogP contribution in [0.3, 0.4) is 0 Å². The highest BCUT2D eigenvalue weighted by Gasteiger charge is 2.47. The lowest BCUT2D eigenvalue weighted by Crippen LogP contribution is -2.51. The minimum Gasteiger partial charge on any atom is -0.461 e. The van der Waals surface area contributed by atoms with Gasteiger partial charge in [0.1, 0.15) is 53.0 Å². The van der Waals surface area contributed by atoms with E-state index in [9.17, 15) is 26.3 Å². The molecule has 7 aromatic rings. The van der Waals surface area contributed by atoms with Crippen molar-refractivity contribution in [2.45, 2.75) is 132 Å². The average molecular weight is 1220 g/mol. The van der Waals surface area contributed by atoms with E-state index < -0.39 is 41.2 Å². The van der Waals surface area contributed by atoms with Crippen molar-refractivity contribution >= 4 is 56.0 Å².